The number of aromatic nitrogens is 4. The summed E-state index contributed by atoms with van der Waals surface area (Å²) < 4.78 is 12.9. The van der Waals surface area contributed by atoms with E-state index in [1.807, 2.05) is 36.7 Å². The van der Waals surface area contributed by atoms with E-state index in [2.05, 4.69) is 56.6 Å². The molecule has 2 aliphatic heterocycles. The Morgan fingerprint density at radius 3 is 2.62 bits per heavy atom. The first kappa shape index (κ1) is 33.2. The molecule has 4 heterocycles. The molecule has 0 aliphatic carbocycles. The van der Waals surface area contributed by atoms with E-state index >= 15 is 0 Å². The molecule has 1 unspecified atom stereocenters. The lowest BCUT2D eigenvalue weighted by molar-refractivity contribution is -0.145. The van der Waals surface area contributed by atoms with Gasteiger partial charge in [0.1, 0.15) is 17.4 Å². The van der Waals surface area contributed by atoms with Gasteiger partial charge in [-0.25, -0.2) is 14.8 Å². The molecule has 1 aromatic carbocycles. The van der Waals surface area contributed by atoms with Gasteiger partial charge in [-0.05, 0) is 87.3 Å². The van der Waals surface area contributed by atoms with Gasteiger partial charge < -0.3 is 34.1 Å². The summed E-state index contributed by atoms with van der Waals surface area (Å²) in [7, 11) is 0. The maximum Gasteiger partial charge on any atom is 0.344 e. The Labute approximate surface area is 268 Å². The van der Waals surface area contributed by atoms with E-state index in [9.17, 15) is 4.79 Å². The molecule has 10 heteroatoms. The fraction of sp³-hybridized carbons (Fsp3) is 0.629. The Bertz CT molecular complexity index is 1320. The van der Waals surface area contributed by atoms with E-state index in [0.29, 0.717) is 29.7 Å². The normalized spacial score (nSPS) is 18.0. The largest absolute Gasteiger partial charge is 0.482 e. The van der Waals surface area contributed by atoms with E-state index in [1.165, 1.54) is 52.0 Å². The van der Waals surface area contributed by atoms with Crippen LogP contribution in [-0.2, 0) is 29.0 Å². The highest BCUT2D eigenvalue weighted by Crippen LogP contribution is 2.40. The van der Waals surface area contributed by atoms with Gasteiger partial charge in [-0.2, -0.15) is 0 Å². The van der Waals surface area contributed by atoms with Gasteiger partial charge >= 0.3 is 5.97 Å². The van der Waals surface area contributed by atoms with Crippen LogP contribution in [0.1, 0.15) is 76.6 Å². The van der Waals surface area contributed by atoms with Crippen molar-refractivity contribution in [2.24, 2.45) is 10.8 Å². The van der Waals surface area contributed by atoms with Crippen molar-refractivity contribution in [3.8, 4) is 5.75 Å². The molecule has 45 heavy (non-hydrogen) atoms. The quantitative estimate of drug-likeness (QED) is 0.233. The minimum Gasteiger partial charge on any atom is -0.482 e. The third-order valence-electron chi connectivity index (χ3n) is 9.16. The first-order valence-electron chi connectivity index (χ1n) is 16.8. The predicted octanol–water partition coefficient (Wildman–Crippen LogP) is 4.85. The average Bonchev–Trinajstić information content (AvgIpc) is 3.78. The number of likely N-dealkylation sites (tertiary alicyclic amines) is 2. The van der Waals surface area contributed by atoms with Crippen LogP contribution in [0.15, 0.2) is 49.1 Å². The Morgan fingerprint density at radius 1 is 1.09 bits per heavy atom. The van der Waals surface area contributed by atoms with Crippen molar-refractivity contribution in [3.05, 3.63) is 66.3 Å². The Kier molecular flexibility index (Phi) is 11.3. The highest BCUT2D eigenvalue weighted by molar-refractivity contribution is 5.71. The second-order valence-electron chi connectivity index (χ2n) is 14.1. The smallest absolute Gasteiger partial charge is 0.344 e. The van der Waals surface area contributed by atoms with Crippen LogP contribution in [0.4, 0.5) is 0 Å². The number of ether oxygens (including phenoxy) is 2. The molecule has 0 saturated carbocycles. The van der Waals surface area contributed by atoms with Crippen molar-refractivity contribution in [2.45, 2.75) is 78.9 Å². The number of benzene rings is 1. The lowest BCUT2D eigenvalue weighted by atomic mass is 9.77. The molecular formula is C35H53N7O3. The molecule has 1 atom stereocenters. The molecule has 2 saturated heterocycles. The number of carbonyl (C=O) groups is 1. The maximum absolute atomic E-state index is 11.7. The van der Waals surface area contributed by atoms with Gasteiger partial charge in [-0.3, -0.25) is 0 Å². The van der Waals surface area contributed by atoms with Crippen LogP contribution in [-0.4, -0.2) is 87.8 Å². The van der Waals surface area contributed by atoms with E-state index in [1.54, 1.807) is 13.1 Å². The molecular weight excluding hydrogens is 566 g/mol. The van der Waals surface area contributed by atoms with E-state index in [-0.39, 0.29) is 18.6 Å². The third-order valence-corrected chi connectivity index (χ3v) is 9.16. The van der Waals surface area contributed by atoms with Gasteiger partial charge in [-0.1, -0.05) is 32.9 Å². The Balaban J connectivity index is 1.10. The van der Waals surface area contributed by atoms with Crippen molar-refractivity contribution >= 4 is 5.97 Å². The topological polar surface area (TPSA) is 101 Å². The number of carbonyl (C=O) groups excluding carboxylic acids is 1. The standard InChI is InChI=1S/C35H53N7O3/c1-5-44-32(43)25-45-29-9-6-8-28(22-29)24-39-30(33-37-13-14-38-33)23-31-36-15-21-42(31)17-7-16-40-18-10-35(27-40)11-19-41(20-12-35)26-34(2,3)4/h6,8-9,13-15,21-22,30,39H,5,7,10-12,16-20,23-27H2,1-4H3,(H,37,38). The van der Waals surface area contributed by atoms with Gasteiger partial charge in [-0.15, -0.1) is 0 Å². The Morgan fingerprint density at radius 2 is 1.89 bits per heavy atom. The SMILES string of the molecule is CCOC(=O)COc1cccc(CNC(Cc2nccn2CCCN2CCC3(CCN(CC(C)(C)C)CC3)C2)c2ncc[nH]2)c1. The number of hydrogen-bond acceptors (Lipinski definition) is 8. The van der Waals surface area contributed by atoms with Crippen LogP contribution in [0.3, 0.4) is 0 Å². The summed E-state index contributed by atoms with van der Waals surface area (Å²) in [6.07, 6.45) is 13.5. The van der Waals surface area contributed by atoms with Gasteiger partial charge in [0.25, 0.3) is 0 Å². The summed E-state index contributed by atoms with van der Waals surface area (Å²) in [5.41, 5.74) is 1.96. The summed E-state index contributed by atoms with van der Waals surface area (Å²) in [6.45, 7) is 18.0. The zero-order valence-electron chi connectivity index (χ0n) is 27.8. The number of imidazole rings is 2. The number of H-pyrrole nitrogens is 1. The van der Waals surface area contributed by atoms with Crippen molar-refractivity contribution in [2.75, 3.05) is 52.5 Å². The van der Waals surface area contributed by atoms with E-state index in [4.69, 9.17) is 14.5 Å². The summed E-state index contributed by atoms with van der Waals surface area (Å²) in [5.74, 6) is 2.21. The number of aromatic amines is 1. The van der Waals surface area contributed by atoms with E-state index < -0.39 is 0 Å². The first-order chi connectivity index (χ1) is 21.7. The molecule has 3 aromatic rings. The molecule has 0 radical (unpaired) electrons. The van der Waals surface area contributed by atoms with Crippen LogP contribution in [0.5, 0.6) is 5.75 Å². The molecule has 1 spiro atoms. The van der Waals surface area contributed by atoms with Gasteiger partial charge in [0.15, 0.2) is 6.61 Å². The predicted molar refractivity (Wildman–Crippen MR) is 176 cm³/mol. The number of aryl methyl sites for hydroxylation is 1. The molecule has 246 valence electrons. The number of rotatable bonds is 15. The number of hydrogen-bond donors (Lipinski definition) is 2. The van der Waals surface area contributed by atoms with Crippen molar-refractivity contribution in [1.29, 1.82) is 0 Å². The highest BCUT2D eigenvalue weighted by atomic mass is 16.6. The minimum absolute atomic E-state index is 0.0344. The zero-order valence-corrected chi connectivity index (χ0v) is 27.8. The Hall–Kier alpha value is -3.21. The van der Waals surface area contributed by atoms with E-state index in [0.717, 1.165) is 43.1 Å². The van der Waals surface area contributed by atoms with Gasteiger partial charge in [0, 0.05) is 57.4 Å². The lowest BCUT2D eigenvalue weighted by Crippen LogP contribution is -2.44. The van der Waals surface area contributed by atoms with Gasteiger partial charge in [0.2, 0.25) is 0 Å². The zero-order chi connectivity index (χ0) is 31.7. The van der Waals surface area contributed by atoms with Crippen LogP contribution < -0.4 is 10.1 Å². The maximum atomic E-state index is 11.7. The molecule has 2 N–H and O–H groups in total. The van der Waals surface area contributed by atoms with Crippen LogP contribution >= 0.6 is 0 Å². The molecule has 5 rings (SSSR count). The molecule has 10 nitrogen and oxygen atoms in total. The van der Waals surface area contributed by atoms with Crippen LogP contribution in [0, 0.1) is 10.8 Å². The van der Waals surface area contributed by atoms with Crippen molar-refractivity contribution < 1.29 is 14.3 Å². The molecule has 2 aliphatic rings. The van der Waals surface area contributed by atoms with Crippen molar-refractivity contribution in [3.63, 3.8) is 0 Å². The molecule has 2 aromatic heterocycles. The third kappa shape index (κ3) is 9.89. The van der Waals surface area contributed by atoms with Crippen LogP contribution in [0.25, 0.3) is 0 Å². The minimum atomic E-state index is -0.369. The number of nitrogens with zero attached hydrogens (tertiary/aromatic N) is 5. The van der Waals surface area contributed by atoms with Crippen LogP contribution in [0.2, 0.25) is 0 Å². The molecule has 2 fully saturated rings. The molecule has 0 bridgehead atoms. The average molecular weight is 620 g/mol. The van der Waals surface area contributed by atoms with Gasteiger partial charge in [0.05, 0.1) is 12.6 Å². The summed E-state index contributed by atoms with van der Waals surface area (Å²) in [4.78, 5) is 29.7. The first-order valence-corrected chi connectivity index (χ1v) is 16.8. The summed E-state index contributed by atoms with van der Waals surface area (Å²) in [6, 6.07) is 7.74. The highest BCUT2D eigenvalue weighted by Gasteiger charge is 2.40. The second kappa shape index (κ2) is 15.4. The number of piperidine rings is 1. The fourth-order valence-corrected chi connectivity index (χ4v) is 6.93. The summed E-state index contributed by atoms with van der Waals surface area (Å²) >= 11 is 0. The second-order valence-corrected chi connectivity index (χ2v) is 14.1. The fourth-order valence-electron chi connectivity index (χ4n) is 6.93. The lowest BCUT2D eigenvalue weighted by Gasteiger charge is -2.41. The monoisotopic (exact) mass is 619 g/mol. The summed E-state index contributed by atoms with van der Waals surface area (Å²) in [5, 5.41) is 3.66. The van der Waals surface area contributed by atoms with Crippen molar-refractivity contribution in [1.82, 2.24) is 34.6 Å². The number of nitrogens with one attached hydrogen (secondary N) is 2. The number of esters is 1. The molecule has 0 amide bonds.